The molecular formula is C29H54O4. The molecule has 0 spiro atoms. The number of hydrogen-bond donors (Lipinski definition) is 0. The topological polar surface area (TPSA) is 52.6 Å². The van der Waals surface area contributed by atoms with Crippen LogP contribution >= 0.6 is 0 Å². The molecule has 0 aromatic carbocycles. The molecule has 194 valence electrons. The first-order valence-corrected chi connectivity index (χ1v) is 14.5. The highest BCUT2D eigenvalue weighted by Crippen LogP contribution is 2.31. The largest absolute Gasteiger partial charge is 0.465 e. The predicted octanol–water partition coefficient (Wildman–Crippen LogP) is 8.41. The average Bonchev–Trinajstić information content (AvgIpc) is 2.83. The van der Waals surface area contributed by atoms with Crippen molar-refractivity contribution < 1.29 is 19.1 Å². The predicted molar refractivity (Wildman–Crippen MR) is 137 cm³/mol. The van der Waals surface area contributed by atoms with Gasteiger partial charge in [0.2, 0.25) is 0 Å². The van der Waals surface area contributed by atoms with Crippen LogP contribution in [0.3, 0.4) is 0 Å². The first-order chi connectivity index (χ1) is 16.1. The van der Waals surface area contributed by atoms with Gasteiger partial charge in [-0.25, -0.2) is 0 Å². The normalized spacial score (nSPS) is 19.2. The molecule has 1 unspecified atom stereocenters. The van der Waals surface area contributed by atoms with E-state index in [9.17, 15) is 9.59 Å². The monoisotopic (exact) mass is 466 g/mol. The summed E-state index contributed by atoms with van der Waals surface area (Å²) in [5.41, 5.74) is 0. The Balaban J connectivity index is 2.11. The van der Waals surface area contributed by atoms with Crippen LogP contribution in [0.4, 0.5) is 0 Å². The Hall–Kier alpha value is -1.06. The third-order valence-electron chi connectivity index (χ3n) is 7.26. The van der Waals surface area contributed by atoms with Crippen molar-refractivity contribution in [1.29, 1.82) is 0 Å². The SMILES string of the molecule is CCCCCCCCCCCOC(=O)C1CCC(C(=O)OCC(CCC)CCCCC)CC1. The van der Waals surface area contributed by atoms with Crippen molar-refractivity contribution in [3.05, 3.63) is 0 Å². The van der Waals surface area contributed by atoms with Gasteiger partial charge in [-0.2, -0.15) is 0 Å². The van der Waals surface area contributed by atoms with Crippen molar-refractivity contribution in [3.63, 3.8) is 0 Å². The number of rotatable bonds is 20. The molecule has 0 aliphatic heterocycles. The lowest BCUT2D eigenvalue weighted by Crippen LogP contribution is -2.29. The van der Waals surface area contributed by atoms with Crippen molar-refractivity contribution >= 4 is 11.9 Å². The molecule has 0 radical (unpaired) electrons. The summed E-state index contributed by atoms with van der Waals surface area (Å²) in [5.74, 6) is 0.324. The van der Waals surface area contributed by atoms with E-state index in [2.05, 4.69) is 20.8 Å². The molecule has 1 aliphatic carbocycles. The van der Waals surface area contributed by atoms with Crippen molar-refractivity contribution in [2.75, 3.05) is 13.2 Å². The molecule has 0 aromatic rings. The molecule has 1 aliphatic rings. The Labute approximate surface area is 205 Å². The van der Waals surface area contributed by atoms with E-state index in [-0.39, 0.29) is 23.8 Å². The van der Waals surface area contributed by atoms with Gasteiger partial charge in [-0.3, -0.25) is 9.59 Å². The maximum absolute atomic E-state index is 12.5. The van der Waals surface area contributed by atoms with Crippen LogP contribution in [0.5, 0.6) is 0 Å². The summed E-state index contributed by atoms with van der Waals surface area (Å²) < 4.78 is 11.2. The molecule has 1 rings (SSSR count). The lowest BCUT2D eigenvalue weighted by Gasteiger charge is -2.26. The molecule has 0 saturated heterocycles. The molecule has 1 fully saturated rings. The summed E-state index contributed by atoms with van der Waals surface area (Å²) in [6, 6.07) is 0. The molecule has 4 nitrogen and oxygen atoms in total. The van der Waals surface area contributed by atoms with Crippen LogP contribution in [-0.2, 0) is 19.1 Å². The smallest absolute Gasteiger partial charge is 0.308 e. The first kappa shape index (κ1) is 30.0. The molecule has 4 heteroatoms. The molecule has 0 amide bonds. The van der Waals surface area contributed by atoms with Crippen LogP contribution in [0.25, 0.3) is 0 Å². The second-order valence-corrected chi connectivity index (χ2v) is 10.3. The summed E-state index contributed by atoms with van der Waals surface area (Å²) in [6.45, 7) is 7.79. The van der Waals surface area contributed by atoms with Crippen molar-refractivity contribution in [2.45, 2.75) is 143 Å². The van der Waals surface area contributed by atoms with Gasteiger partial charge in [0.25, 0.3) is 0 Å². The van der Waals surface area contributed by atoms with Gasteiger partial charge in [0, 0.05) is 0 Å². The van der Waals surface area contributed by atoms with Gasteiger partial charge in [-0.15, -0.1) is 0 Å². The summed E-state index contributed by atoms with van der Waals surface area (Å²) in [4.78, 5) is 24.9. The number of hydrogen-bond acceptors (Lipinski definition) is 4. The Bertz CT molecular complexity index is 482. The van der Waals surface area contributed by atoms with Gasteiger partial charge in [-0.1, -0.05) is 97.8 Å². The fourth-order valence-electron chi connectivity index (χ4n) is 4.99. The van der Waals surface area contributed by atoms with Crippen LogP contribution in [0, 0.1) is 17.8 Å². The Morgan fingerprint density at radius 3 is 1.64 bits per heavy atom. The maximum atomic E-state index is 12.5. The van der Waals surface area contributed by atoms with E-state index in [1.54, 1.807) is 0 Å². The number of ether oxygens (including phenoxy) is 2. The number of esters is 2. The summed E-state index contributed by atoms with van der Waals surface area (Å²) in [6.07, 6.45) is 21.6. The molecule has 1 atom stereocenters. The van der Waals surface area contributed by atoms with Crippen LogP contribution in [0.15, 0.2) is 0 Å². The minimum Gasteiger partial charge on any atom is -0.465 e. The van der Waals surface area contributed by atoms with E-state index < -0.39 is 0 Å². The highest BCUT2D eigenvalue weighted by molar-refractivity contribution is 5.75. The van der Waals surface area contributed by atoms with Gasteiger partial charge in [0.1, 0.15) is 0 Å². The third kappa shape index (κ3) is 14.7. The third-order valence-corrected chi connectivity index (χ3v) is 7.26. The fourth-order valence-corrected chi connectivity index (χ4v) is 4.99. The van der Waals surface area contributed by atoms with Gasteiger partial charge in [0.05, 0.1) is 25.0 Å². The Morgan fingerprint density at radius 2 is 1.09 bits per heavy atom. The first-order valence-electron chi connectivity index (χ1n) is 14.5. The second-order valence-electron chi connectivity index (χ2n) is 10.3. The van der Waals surface area contributed by atoms with E-state index in [0.717, 1.165) is 57.8 Å². The highest BCUT2D eigenvalue weighted by atomic mass is 16.5. The lowest BCUT2D eigenvalue weighted by atomic mass is 9.82. The minimum absolute atomic E-state index is 0.0329. The van der Waals surface area contributed by atoms with Gasteiger partial charge in [-0.05, 0) is 50.9 Å². The van der Waals surface area contributed by atoms with E-state index in [1.165, 1.54) is 64.2 Å². The number of carbonyl (C=O) groups excluding carboxylic acids is 2. The fraction of sp³-hybridized carbons (Fsp3) is 0.931. The number of unbranched alkanes of at least 4 members (excludes halogenated alkanes) is 10. The summed E-state index contributed by atoms with van der Waals surface area (Å²) >= 11 is 0. The van der Waals surface area contributed by atoms with Crippen LogP contribution in [0.2, 0.25) is 0 Å². The van der Waals surface area contributed by atoms with E-state index in [1.807, 2.05) is 0 Å². The van der Waals surface area contributed by atoms with E-state index >= 15 is 0 Å². The van der Waals surface area contributed by atoms with Crippen molar-refractivity contribution in [1.82, 2.24) is 0 Å². The Morgan fingerprint density at radius 1 is 0.606 bits per heavy atom. The quantitative estimate of drug-likeness (QED) is 0.133. The van der Waals surface area contributed by atoms with Gasteiger partial charge in [0.15, 0.2) is 0 Å². The summed E-state index contributed by atoms with van der Waals surface area (Å²) in [7, 11) is 0. The molecule has 0 heterocycles. The zero-order valence-electron chi connectivity index (χ0n) is 22.2. The van der Waals surface area contributed by atoms with E-state index in [4.69, 9.17) is 9.47 Å². The molecule has 33 heavy (non-hydrogen) atoms. The lowest BCUT2D eigenvalue weighted by molar-refractivity contribution is -0.156. The maximum Gasteiger partial charge on any atom is 0.308 e. The molecule has 0 aromatic heterocycles. The Kier molecular flexibility index (Phi) is 18.5. The summed E-state index contributed by atoms with van der Waals surface area (Å²) in [5, 5.41) is 0. The molecule has 0 N–H and O–H groups in total. The van der Waals surface area contributed by atoms with Gasteiger partial charge >= 0.3 is 11.9 Å². The molecule has 0 bridgehead atoms. The number of carbonyl (C=O) groups is 2. The van der Waals surface area contributed by atoms with E-state index in [0.29, 0.717) is 19.1 Å². The average molecular weight is 467 g/mol. The minimum atomic E-state index is -0.0553. The molecule has 1 saturated carbocycles. The van der Waals surface area contributed by atoms with Gasteiger partial charge < -0.3 is 9.47 Å². The second kappa shape index (κ2) is 20.3. The highest BCUT2D eigenvalue weighted by Gasteiger charge is 2.31. The van der Waals surface area contributed by atoms with Crippen molar-refractivity contribution in [2.24, 2.45) is 17.8 Å². The molecular weight excluding hydrogens is 412 g/mol. The standard InChI is InChI=1S/C29H54O4/c1-4-7-9-10-11-12-13-14-16-23-32-28(30)26-19-21-27(22-20-26)29(31)33-24-25(17-6-3)18-15-8-5-2/h25-27H,4-24H2,1-3H3. The van der Waals surface area contributed by atoms with Crippen LogP contribution in [0.1, 0.15) is 143 Å². The van der Waals surface area contributed by atoms with Crippen molar-refractivity contribution in [3.8, 4) is 0 Å². The zero-order valence-corrected chi connectivity index (χ0v) is 22.2. The van der Waals surface area contributed by atoms with Crippen LogP contribution in [-0.4, -0.2) is 25.2 Å². The van der Waals surface area contributed by atoms with Crippen LogP contribution < -0.4 is 0 Å². The zero-order chi connectivity index (χ0) is 24.2.